The molecule has 0 amide bonds. The second-order valence-corrected chi connectivity index (χ2v) is 4.23. The number of halogens is 1. The molecule has 0 saturated heterocycles. The largest absolute Gasteiger partial charge is 0.481 e. The van der Waals surface area contributed by atoms with E-state index >= 15 is 0 Å². The summed E-state index contributed by atoms with van der Waals surface area (Å²) in [6, 6.07) is 7.15. The summed E-state index contributed by atoms with van der Waals surface area (Å²) in [6.45, 7) is -0.0891. The van der Waals surface area contributed by atoms with E-state index in [4.69, 9.17) is 21.8 Å². The highest BCUT2D eigenvalue weighted by Gasteiger charge is 2.55. The van der Waals surface area contributed by atoms with Crippen molar-refractivity contribution in [1.29, 1.82) is 0 Å². The van der Waals surface area contributed by atoms with Gasteiger partial charge in [-0.15, -0.1) is 0 Å². The Bertz CT molecular complexity index is 391. The number of hydrogen-bond donors (Lipinski definition) is 2. The fourth-order valence-electron chi connectivity index (χ4n) is 2.11. The number of aliphatic hydroxyl groups is 1. The predicted molar refractivity (Wildman–Crippen MR) is 55.9 cm³/mol. The van der Waals surface area contributed by atoms with E-state index < -0.39 is 11.9 Å². The van der Waals surface area contributed by atoms with E-state index in [1.54, 1.807) is 18.2 Å². The number of hydrogen-bond acceptors (Lipinski definition) is 2. The molecule has 0 aromatic heterocycles. The van der Waals surface area contributed by atoms with Crippen LogP contribution in [0.2, 0.25) is 5.02 Å². The van der Waals surface area contributed by atoms with Gasteiger partial charge in [-0.1, -0.05) is 23.7 Å². The highest BCUT2D eigenvalue weighted by atomic mass is 35.5. The highest BCUT2D eigenvalue weighted by molar-refractivity contribution is 6.30. The fraction of sp³-hybridized carbons (Fsp3) is 0.364. The van der Waals surface area contributed by atoms with Gasteiger partial charge in [0.25, 0.3) is 0 Å². The summed E-state index contributed by atoms with van der Waals surface area (Å²) in [7, 11) is 0. The monoisotopic (exact) mass is 226 g/mol. The van der Waals surface area contributed by atoms with Gasteiger partial charge in [0.05, 0.1) is 5.92 Å². The number of aliphatic hydroxyl groups excluding tert-OH is 1. The Labute approximate surface area is 92.3 Å². The average Bonchev–Trinajstić information content (AvgIpc) is 2.91. The molecule has 1 aromatic carbocycles. The standard InChI is InChI=1S/C11H11ClO3/c12-7-3-1-2-6(4-7)9-8(5-13)10(9)11(14)15/h1-4,8-10,13H,5H2,(H,14,15)/t8-,9+,10-/m0/s1. The Hall–Kier alpha value is -1.06. The summed E-state index contributed by atoms with van der Waals surface area (Å²) in [6.07, 6.45) is 0. The van der Waals surface area contributed by atoms with Gasteiger partial charge in [0, 0.05) is 23.5 Å². The number of aliphatic carboxylic acids is 1. The maximum atomic E-state index is 10.9. The van der Waals surface area contributed by atoms with Crippen molar-refractivity contribution in [2.24, 2.45) is 11.8 Å². The molecule has 3 nitrogen and oxygen atoms in total. The van der Waals surface area contributed by atoms with Crippen LogP contribution in [0.5, 0.6) is 0 Å². The van der Waals surface area contributed by atoms with Crippen molar-refractivity contribution in [3.05, 3.63) is 34.9 Å². The molecule has 0 bridgehead atoms. The minimum atomic E-state index is -0.848. The Morgan fingerprint density at radius 1 is 1.47 bits per heavy atom. The lowest BCUT2D eigenvalue weighted by molar-refractivity contribution is -0.139. The van der Waals surface area contributed by atoms with E-state index in [0.717, 1.165) is 5.56 Å². The summed E-state index contributed by atoms with van der Waals surface area (Å²) in [5.74, 6) is -1.57. The average molecular weight is 227 g/mol. The third-order valence-electron chi connectivity index (χ3n) is 2.90. The van der Waals surface area contributed by atoms with E-state index in [2.05, 4.69) is 0 Å². The molecule has 1 aromatic rings. The van der Waals surface area contributed by atoms with Gasteiger partial charge >= 0.3 is 5.97 Å². The van der Waals surface area contributed by atoms with Gasteiger partial charge in [0.1, 0.15) is 0 Å². The second-order valence-electron chi connectivity index (χ2n) is 3.79. The molecule has 0 radical (unpaired) electrons. The van der Waals surface area contributed by atoms with Crippen LogP contribution in [0, 0.1) is 11.8 Å². The molecule has 0 aliphatic heterocycles. The molecular formula is C11H11ClO3. The molecule has 80 valence electrons. The summed E-state index contributed by atoms with van der Waals surface area (Å²) in [5.41, 5.74) is 0.897. The van der Waals surface area contributed by atoms with Gasteiger partial charge in [-0.25, -0.2) is 0 Å². The van der Waals surface area contributed by atoms with Crippen LogP contribution in [0.3, 0.4) is 0 Å². The summed E-state index contributed by atoms with van der Waals surface area (Å²) >= 11 is 5.82. The van der Waals surface area contributed by atoms with E-state index in [0.29, 0.717) is 5.02 Å². The van der Waals surface area contributed by atoms with E-state index in [1.807, 2.05) is 6.07 Å². The number of carboxylic acid groups (broad SMARTS) is 1. The maximum absolute atomic E-state index is 10.9. The summed E-state index contributed by atoms with van der Waals surface area (Å²) in [5, 5.41) is 18.5. The number of carbonyl (C=O) groups is 1. The topological polar surface area (TPSA) is 57.5 Å². The SMILES string of the molecule is O=C(O)[C@H]1[C@@H](CO)[C@H]1c1cccc(Cl)c1. The van der Waals surface area contributed by atoms with E-state index in [9.17, 15) is 4.79 Å². The van der Waals surface area contributed by atoms with Crippen LogP contribution in [0.15, 0.2) is 24.3 Å². The van der Waals surface area contributed by atoms with Crippen LogP contribution in [-0.2, 0) is 4.79 Å². The number of benzene rings is 1. The van der Waals surface area contributed by atoms with Crippen molar-refractivity contribution in [2.75, 3.05) is 6.61 Å². The van der Waals surface area contributed by atoms with Crippen LogP contribution < -0.4 is 0 Å². The first kappa shape index (κ1) is 10.5. The summed E-state index contributed by atoms with van der Waals surface area (Å²) in [4.78, 5) is 10.9. The van der Waals surface area contributed by atoms with E-state index in [-0.39, 0.29) is 18.4 Å². The first-order valence-electron chi connectivity index (χ1n) is 4.74. The van der Waals surface area contributed by atoms with Crippen molar-refractivity contribution < 1.29 is 15.0 Å². The highest BCUT2D eigenvalue weighted by Crippen LogP contribution is 2.53. The minimum Gasteiger partial charge on any atom is -0.481 e. The molecule has 3 atom stereocenters. The Morgan fingerprint density at radius 2 is 2.20 bits per heavy atom. The van der Waals surface area contributed by atoms with Crippen LogP contribution in [0.1, 0.15) is 11.5 Å². The first-order valence-corrected chi connectivity index (χ1v) is 5.12. The quantitative estimate of drug-likeness (QED) is 0.826. The maximum Gasteiger partial charge on any atom is 0.307 e. The zero-order chi connectivity index (χ0) is 11.0. The molecule has 0 unspecified atom stereocenters. The van der Waals surface area contributed by atoms with Crippen molar-refractivity contribution in [3.8, 4) is 0 Å². The lowest BCUT2D eigenvalue weighted by atomic mass is 10.1. The smallest absolute Gasteiger partial charge is 0.307 e. The molecule has 0 heterocycles. The molecule has 1 saturated carbocycles. The number of carboxylic acids is 1. The van der Waals surface area contributed by atoms with Gasteiger partial charge in [-0.05, 0) is 17.7 Å². The third kappa shape index (κ3) is 1.85. The Balaban J connectivity index is 2.22. The molecule has 0 spiro atoms. The molecule has 15 heavy (non-hydrogen) atoms. The normalized spacial score (nSPS) is 28.8. The van der Waals surface area contributed by atoms with Crippen LogP contribution in [0.25, 0.3) is 0 Å². The first-order chi connectivity index (χ1) is 7.15. The van der Waals surface area contributed by atoms with E-state index in [1.165, 1.54) is 0 Å². The van der Waals surface area contributed by atoms with Gasteiger partial charge in [0.15, 0.2) is 0 Å². The van der Waals surface area contributed by atoms with Gasteiger partial charge in [-0.3, -0.25) is 4.79 Å². The predicted octanol–water partition coefficient (Wildman–Crippen LogP) is 1.75. The van der Waals surface area contributed by atoms with Crippen molar-refractivity contribution in [2.45, 2.75) is 5.92 Å². The molecule has 2 N–H and O–H groups in total. The molecule has 1 fully saturated rings. The molecular weight excluding hydrogens is 216 g/mol. The minimum absolute atomic E-state index is 0.0891. The van der Waals surface area contributed by atoms with Crippen LogP contribution >= 0.6 is 11.6 Å². The van der Waals surface area contributed by atoms with Crippen molar-refractivity contribution >= 4 is 17.6 Å². The fourth-order valence-corrected chi connectivity index (χ4v) is 2.30. The third-order valence-corrected chi connectivity index (χ3v) is 3.13. The molecule has 2 rings (SSSR count). The van der Waals surface area contributed by atoms with Gasteiger partial charge in [0.2, 0.25) is 0 Å². The zero-order valence-corrected chi connectivity index (χ0v) is 8.69. The van der Waals surface area contributed by atoms with Gasteiger partial charge < -0.3 is 10.2 Å². The summed E-state index contributed by atoms with van der Waals surface area (Å²) < 4.78 is 0. The Kier molecular flexibility index (Phi) is 2.67. The lowest BCUT2D eigenvalue weighted by Gasteiger charge is -1.99. The molecule has 1 aliphatic rings. The Morgan fingerprint density at radius 3 is 2.67 bits per heavy atom. The van der Waals surface area contributed by atoms with Crippen molar-refractivity contribution in [3.63, 3.8) is 0 Å². The van der Waals surface area contributed by atoms with Crippen LogP contribution in [0.4, 0.5) is 0 Å². The van der Waals surface area contributed by atoms with Gasteiger partial charge in [-0.2, -0.15) is 0 Å². The molecule has 4 heteroatoms. The van der Waals surface area contributed by atoms with Crippen LogP contribution in [-0.4, -0.2) is 22.8 Å². The number of rotatable bonds is 3. The second kappa shape index (κ2) is 3.83. The lowest BCUT2D eigenvalue weighted by Crippen LogP contribution is -2.01. The molecule has 1 aliphatic carbocycles. The van der Waals surface area contributed by atoms with Crippen molar-refractivity contribution in [1.82, 2.24) is 0 Å². The zero-order valence-electron chi connectivity index (χ0n) is 7.93.